The molecule has 0 radical (unpaired) electrons. The Kier molecular flexibility index (Phi) is 5.86. The zero-order valence-corrected chi connectivity index (χ0v) is 18.3. The molecule has 1 aliphatic rings. The highest BCUT2D eigenvalue weighted by atomic mass is 16.5. The highest BCUT2D eigenvalue weighted by molar-refractivity contribution is 6.46. The molecule has 0 aromatic heterocycles. The summed E-state index contributed by atoms with van der Waals surface area (Å²) in [5.41, 5.74) is 1.26. The summed E-state index contributed by atoms with van der Waals surface area (Å²) in [6.07, 6.45) is 0.672. The number of carbonyl (C=O) groups is 2. The van der Waals surface area contributed by atoms with Crippen LogP contribution in [0.2, 0.25) is 0 Å². The topological polar surface area (TPSA) is 76.1 Å². The third-order valence-corrected chi connectivity index (χ3v) is 5.77. The van der Waals surface area contributed by atoms with Crippen molar-refractivity contribution in [3.05, 3.63) is 77.4 Å². The van der Waals surface area contributed by atoms with E-state index < -0.39 is 17.7 Å². The minimum Gasteiger partial charge on any atom is -0.507 e. The van der Waals surface area contributed by atoms with E-state index in [9.17, 15) is 14.7 Å². The first-order chi connectivity index (χ1) is 15.5. The zero-order chi connectivity index (χ0) is 22.8. The number of ketones is 1. The number of hydrogen-bond donors (Lipinski definition) is 1. The van der Waals surface area contributed by atoms with Crippen LogP contribution in [-0.2, 0) is 9.59 Å². The average Bonchev–Trinajstić information content (AvgIpc) is 3.08. The van der Waals surface area contributed by atoms with Crippen LogP contribution < -0.4 is 9.47 Å². The number of ether oxygens (including phenoxy) is 2. The number of fused-ring (bicyclic) bond motifs is 1. The van der Waals surface area contributed by atoms with Crippen molar-refractivity contribution in [3.8, 4) is 11.5 Å². The number of nitrogens with zero attached hydrogens (tertiary/aromatic N) is 1. The Morgan fingerprint density at radius 3 is 2.41 bits per heavy atom. The van der Waals surface area contributed by atoms with Crippen molar-refractivity contribution >= 4 is 28.2 Å². The van der Waals surface area contributed by atoms with Crippen LogP contribution in [0.25, 0.3) is 16.5 Å². The molecule has 3 aromatic rings. The molecule has 1 aliphatic heterocycles. The molecule has 1 saturated heterocycles. The molecule has 4 rings (SSSR count). The van der Waals surface area contributed by atoms with Crippen LogP contribution in [0.5, 0.6) is 11.5 Å². The van der Waals surface area contributed by atoms with Crippen LogP contribution in [-0.4, -0.2) is 42.5 Å². The summed E-state index contributed by atoms with van der Waals surface area (Å²) in [4.78, 5) is 27.6. The lowest BCUT2D eigenvalue weighted by Crippen LogP contribution is -2.30. The number of hydrogen-bond acceptors (Lipinski definition) is 5. The first-order valence-electron chi connectivity index (χ1n) is 10.5. The molecule has 164 valence electrons. The lowest BCUT2D eigenvalue weighted by Gasteiger charge is -2.25. The van der Waals surface area contributed by atoms with Crippen molar-refractivity contribution in [3.63, 3.8) is 0 Å². The molecule has 6 nitrogen and oxygen atoms in total. The minimum absolute atomic E-state index is 0.0759. The third kappa shape index (κ3) is 3.47. The first-order valence-corrected chi connectivity index (χ1v) is 10.5. The molecule has 1 fully saturated rings. The van der Waals surface area contributed by atoms with Crippen LogP contribution in [0.1, 0.15) is 30.5 Å². The Hall–Kier alpha value is -3.80. The number of carbonyl (C=O) groups excluding carboxylic acids is 2. The van der Waals surface area contributed by atoms with Crippen molar-refractivity contribution in [1.82, 2.24) is 4.90 Å². The average molecular weight is 431 g/mol. The van der Waals surface area contributed by atoms with Crippen LogP contribution in [0, 0.1) is 0 Å². The summed E-state index contributed by atoms with van der Waals surface area (Å²) in [6, 6.07) is 17.7. The van der Waals surface area contributed by atoms with E-state index in [4.69, 9.17) is 9.47 Å². The Morgan fingerprint density at radius 2 is 1.69 bits per heavy atom. The van der Waals surface area contributed by atoms with Gasteiger partial charge in [0.2, 0.25) is 0 Å². The fraction of sp³-hybridized carbons (Fsp3) is 0.231. The van der Waals surface area contributed by atoms with Crippen molar-refractivity contribution < 1.29 is 24.2 Å². The molecular formula is C26H25NO5. The number of benzene rings is 3. The molecule has 1 amide bonds. The Balaban J connectivity index is 1.96. The molecule has 1 N–H and O–H groups in total. The van der Waals surface area contributed by atoms with E-state index >= 15 is 0 Å². The lowest BCUT2D eigenvalue weighted by molar-refractivity contribution is -0.139. The lowest BCUT2D eigenvalue weighted by atomic mass is 9.93. The van der Waals surface area contributed by atoms with E-state index in [0.717, 1.165) is 10.8 Å². The number of Topliss-reactive ketones (excluding diaryl/α,β-unsaturated/α-hetero) is 1. The first kappa shape index (κ1) is 21.4. The van der Waals surface area contributed by atoms with Crippen LogP contribution in [0.3, 0.4) is 0 Å². The van der Waals surface area contributed by atoms with E-state index in [1.54, 1.807) is 31.4 Å². The monoisotopic (exact) mass is 431 g/mol. The number of likely N-dealkylation sites (tertiary alicyclic amines) is 1. The summed E-state index contributed by atoms with van der Waals surface area (Å²) in [7, 11) is 3.07. The molecule has 0 spiro atoms. The second-order valence-electron chi connectivity index (χ2n) is 7.63. The quantitative estimate of drug-likeness (QED) is 0.348. The number of aliphatic hydroxyl groups excluding tert-OH is 1. The van der Waals surface area contributed by atoms with Gasteiger partial charge in [0.15, 0.2) is 11.5 Å². The van der Waals surface area contributed by atoms with Gasteiger partial charge in [-0.1, -0.05) is 55.5 Å². The van der Waals surface area contributed by atoms with Crippen LogP contribution in [0.4, 0.5) is 0 Å². The minimum atomic E-state index is -0.728. The van der Waals surface area contributed by atoms with Crippen LogP contribution >= 0.6 is 0 Å². The molecule has 1 heterocycles. The maximum atomic E-state index is 13.1. The summed E-state index contributed by atoms with van der Waals surface area (Å²) >= 11 is 0. The highest BCUT2D eigenvalue weighted by Gasteiger charge is 2.46. The number of rotatable bonds is 6. The molecule has 1 atom stereocenters. The normalized spacial score (nSPS) is 17.7. The number of amides is 1. The molecule has 6 heteroatoms. The van der Waals surface area contributed by atoms with E-state index in [-0.39, 0.29) is 11.3 Å². The largest absolute Gasteiger partial charge is 0.507 e. The Morgan fingerprint density at radius 1 is 0.969 bits per heavy atom. The van der Waals surface area contributed by atoms with E-state index in [1.165, 1.54) is 12.0 Å². The van der Waals surface area contributed by atoms with E-state index in [0.29, 0.717) is 35.6 Å². The number of aliphatic hydroxyl groups is 1. The van der Waals surface area contributed by atoms with Crippen molar-refractivity contribution in [2.75, 3.05) is 20.8 Å². The predicted octanol–water partition coefficient (Wildman–Crippen LogP) is 4.69. The maximum Gasteiger partial charge on any atom is 0.295 e. The smallest absolute Gasteiger partial charge is 0.295 e. The second-order valence-corrected chi connectivity index (χ2v) is 7.63. The highest BCUT2D eigenvalue weighted by Crippen LogP contribution is 2.42. The number of methoxy groups -OCH3 is 2. The maximum absolute atomic E-state index is 13.1. The molecule has 1 unspecified atom stereocenters. The van der Waals surface area contributed by atoms with Gasteiger partial charge in [-0.3, -0.25) is 9.59 Å². The fourth-order valence-electron chi connectivity index (χ4n) is 4.30. The molecule has 32 heavy (non-hydrogen) atoms. The van der Waals surface area contributed by atoms with Crippen molar-refractivity contribution in [2.45, 2.75) is 19.4 Å². The molecule has 0 bridgehead atoms. The molecule has 0 saturated carbocycles. The van der Waals surface area contributed by atoms with Crippen LogP contribution in [0.15, 0.2) is 66.2 Å². The van der Waals surface area contributed by atoms with Crippen molar-refractivity contribution in [2.24, 2.45) is 0 Å². The Bertz CT molecular complexity index is 1220. The van der Waals surface area contributed by atoms with Gasteiger partial charge in [0, 0.05) is 12.1 Å². The van der Waals surface area contributed by atoms with Crippen molar-refractivity contribution in [1.29, 1.82) is 0 Å². The predicted molar refractivity (Wildman–Crippen MR) is 123 cm³/mol. The standard InChI is InChI=1S/C26H25NO5/c1-4-14-27-23(17-12-13-20(31-2)21(15-17)32-3)22(25(29)26(27)30)24(28)19-11-7-9-16-8-5-6-10-18(16)19/h5-13,15,23,28H,4,14H2,1-3H3/b24-22+. The molecular weight excluding hydrogens is 406 g/mol. The Labute approximate surface area is 186 Å². The van der Waals surface area contributed by atoms with Gasteiger partial charge in [-0.2, -0.15) is 0 Å². The summed E-state index contributed by atoms with van der Waals surface area (Å²) in [5, 5.41) is 13.1. The van der Waals surface area contributed by atoms with Gasteiger partial charge in [-0.25, -0.2) is 0 Å². The van der Waals surface area contributed by atoms with Gasteiger partial charge in [0.05, 0.1) is 25.8 Å². The SMILES string of the molecule is CCCN1C(=O)C(=O)/C(=C(/O)c2cccc3ccccc23)C1c1ccc(OC)c(OC)c1. The van der Waals surface area contributed by atoms with Gasteiger partial charge in [-0.05, 0) is 34.9 Å². The van der Waals surface area contributed by atoms with Gasteiger partial charge in [-0.15, -0.1) is 0 Å². The summed E-state index contributed by atoms with van der Waals surface area (Å²) in [5.74, 6) is -0.467. The second kappa shape index (κ2) is 8.75. The fourth-order valence-corrected chi connectivity index (χ4v) is 4.30. The van der Waals surface area contributed by atoms with E-state index in [1.807, 2.05) is 43.3 Å². The third-order valence-electron chi connectivity index (χ3n) is 5.77. The summed E-state index contributed by atoms with van der Waals surface area (Å²) < 4.78 is 10.8. The summed E-state index contributed by atoms with van der Waals surface area (Å²) in [6.45, 7) is 2.32. The van der Waals surface area contributed by atoms with Gasteiger partial charge in [0.1, 0.15) is 5.76 Å². The zero-order valence-electron chi connectivity index (χ0n) is 18.3. The molecule has 0 aliphatic carbocycles. The van der Waals surface area contributed by atoms with Gasteiger partial charge in [0.25, 0.3) is 11.7 Å². The van der Waals surface area contributed by atoms with Gasteiger partial charge >= 0.3 is 0 Å². The van der Waals surface area contributed by atoms with E-state index in [2.05, 4.69) is 0 Å². The van der Waals surface area contributed by atoms with Gasteiger partial charge < -0.3 is 19.5 Å². The molecule has 3 aromatic carbocycles.